The summed E-state index contributed by atoms with van der Waals surface area (Å²) in [5.41, 5.74) is 3.36. The number of benzene rings is 3. The Morgan fingerprint density at radius 1 is 0.943 bits per heavy atom. The van der Waals surface area contributed by atoms with Gasteiger partial charge in [-0.2, -0.15) is 4.31 Å². The molecule has 1 saturated heterocycles. The molecule has 2 atom stereocenters. The molecule has 1 fully saturated rings. The molecule has 1 aliphatic heterocycles. The molecule has 1 aromatic heterocycles. The third-order valence-electron chi connectivity index (χ3n) is 6.49. The molecule has 7 nitrogen and oxygen atoms in total. The number of nitrogens with one attached hydrogen (secondary N) is 1. The second kappa shape index (κ2) is 9.11. The number of ether oxygens (including phenoxy) is 1. The Morgan fingerprint density at radius 2 is 1.60 bits per heavy atom. The van der Waals surface area contributed by atoms with E-state index in [1.54, 1.807) is 12.1 Å². The summed E-state index contributed by atoms with van der Waals surface area (Å²) in [6, 6.07) is 20.2. The Labute approximate surface area is 205 Å². The van der Waals surface area contributed by atoms with Gasteiger partial charge >= 0.3 is 0 Å². The predicted octanol–water partition coefficient (Wildman–Crippen LogP) is 4.86. The number of nitrogens with zero attached hydrogens (tertiary/aromatic N) is 2. The van der Waals surface area contributed by atoms with Crippen molar-refractivity contribution in [2.45, 2.75) is 44.4 Å². The molecule has 8 heteroatoms. The van der Waals surface area contributed by atoms with Crippen LogP contribution in [0.4, 0.5) is 5.69 Å². The number of amides is 1. The highest BCUT2D eigenvalue weighted by Crippen LogP contribution is 2.31. The first-order chi connectivity index (χ1) is 16.8. The first-order valence-corrected chi connectivity index (χ1v) is 13.3. The number of carbonyl (C=O) groups excluding carboxylic acids is 1. The maximum atomic E-state index is 13.1. The van der Waals surface area contributed by atoms with Crippen molar-refractivity contribution in [2.24, 2.45) is 0 Å². The smallest absolute Gasteiger partial charge is 0.255 e. The zero-order valence-electron chi connectivity index (χ0n) is 20.1. The van der Waals surface area contributed by atoms with Crippen molar-refractivity contribution < 1.29 is 17.9 Å². The van der Waals surface area contributed by atoms with Crippen LogP contribution in [0, 0.1) is 0 Å². The van der Waals surface area contributed by atoms with Gasteiger partial charge in [0.25, 0.3) is 5.91 Å². The van der Waals surface area contributed by atoms with Gasteiger partial charge in [-0.1, -0.05) is 18.2 Å². The second-order valence-corrected chi connectivity index (χ2v) is 11.0. The minimum absolute atomic E-state index is 0.165. The number of carbonyl (C=O) groups is 1. The molecule has 2 heterocycles. The predicted molar refractivity (Wildman–Crippen MR) is 138 cm³/mol. The molecule has 1 N–H and O–H groups in total. The summed E-state index contributed by atoms with van der Waals surface area (Å²) in [7, 11) is -3.66. The summed E-state index contributed by atoms with van der Waals surface area (Å²) in [6.07, 6.45) is -0.329. The van der Waals surface area contributed by atoms with Crippen LogP contribution in [0.5, 0.6) is 0 Å². The van der Waals surface area contributed by atoms with E-state index in [4.69, 9.17) is 4.74 Å². The zero-order chi connectivity index (χ0) is 24.7. The van der Waals surface area contributed by atoms with Crippen molar-refractivity contribution in [1.82, 2.24) is 8.87 Å². The highest BCUT2D eigenvalue weighted by atomic mass is 32.2. The average Bonchev–Trinajstić information content (AvgIpc) is 3.16. The number of sulfonamides is 1. The van der Waals surface area contributed by atoms with E-state index in [2.05, 4.69) is 28.9 Å². The fraction of sp³-hybridized carbons (Fsp3) is 0.296. The normalized spacial score (nSPS) is 19.3. The molecule has 0 unspecified atom stereocenters. The minimum Gasteiger partial charge on any atom is -0.373 e. The van der Waals surface area contributed by atoms with Crippen LogP contribution in [-0.2, 0) is 21.3 Å². The van der Waals surface area contributed by atoms with Crippen LogP contribution in [-0.4, -0.2) is 48.5 Å². The van der Waals surface area contributed by atoms with Crippen LogP contribution in [0.3, 0.4) is 0 Å². The Morgan fingerprint density at radius 3 is 2.29 bits per heavy atom. The van der Waals surface area contributed by atoms with Crippen molar-refractivity contribution in [3.8, 4) is 0 Å². The monoisotopic (exact) mass is 491 g/mol. The zero-order valence-corrected chi connectivity index (χ0v) is 20.9. The minimum atomic E-state index is -3.66. The third kappa shape index (κ3) is 4.33. The van der Waals surface area contributed by atoms with E-state index in [-0.39, 0.29) is 23.0 Å². The van der Waals surface area contributed by atoms with Crippen molar-refractivity contribution in [3.05, 3.63) is 72.3 Å². The standard InChI is InChI=1S/C27H29N3O4S/c1-4-30-25-8-6-5-7-23(25)24-15-21(11-14-26(24)30)28-27(31)20-9-12-22(13-10-20)35(32,33)29-16-18(2)34-19(3)17-29/h5-15,18-19H,4,16-17H2,1-3H3,(H,28,31)/t18-,19-/m0/s1. The molecular weight excluding hydrogens is 462 g/mol. The topological polar surface area (TPSA) is 80.6 Å². The van der Waals surface area contributed by atoms with Gasteiger partial charge in [0.15, 0.2) is 0 Å². The number of hydrogen-bond acceptors (Lipinski definition) is 4. The lowest BCUT2D eigenvalue weighted by Crippen LogP contribution is -2.48. The average molecular weight is 492 g/mol. The summed E-state index contributed by atoms with van der Waals surface area (Å²) in [5.74, 6) is -0.291. The van der Waals surface area contributed by atoms with Crippen molar-refractivity contribution >= 4 is 43.4 Å². The number of hydrogen-bond donors (Lipinski definition) is 1. The Bertz CT molecular complexity index is 1500. The van der Waals surface area contributed by atoms with E-state index in [1.807, 2.05) is 44.2 Å². The summed E-state index contributed by atoms with van der Waals surface area (Å²) in [6.45, 7) is 7.32. The van der Waals surface area contributed by atoms with Crippen LogP contribution < -0.4 is 5.32 Å². The lowest BCUT2D eigenvalue weighted by molar-refractivity contribution is -0.0440. The molecule has 0 radical (unpaired) electrons. The molecule has 0 spiro atoms. The lowest BCUT2D eigenvalue weighted by Gasteiger charge is -2.34. The van der Waals surface area contributed by atoms with Gasteiger partial charge in [-0.3, -0.25) is 4.79 Å². The molecule has 0 aliphatic carbocycles. The molecule has 1 amide bonds. The van der Waals surface area contributed by atoms with E-state index in [9.17, 15) is 13.2 Å². The largest absolute Gasteiger partial charge is 0.373 e. The number of anilines is 1. The van der Waals surface area contributed by atoms with Gasteiger partial charge in [0.1, 0.15) is 0 Å². The third-order valence-corrected chi connectivity index (χ3v) is 8.33. The maximum absolute atomic E-state index is 13.1. The second-order valence-electron chi connectivity index (χ2n) is 9.05. The van der Waals surface area contributed by atoms with E-state index in [0.717, 1.165) is 28.4 Å². The number of fused-ring (bicyclic) bond motifs is 3. The van der Waals surface area contributed by atoms with E-state index in [1.165, 1.54) is 16.4 Å². The first kappa shape index (κ1) is 23.5. The molecule has 5 rings (SSSR count). The Balaban J connectivity index is 1.37. The molecule has 4 aromatic rings. The fourth-order valence-corrected chi connectivity index (χ4v) is 6.52. The quantitative estimate of drug-likeness (QED) is 0.432. The van der Waals surface area contributed by atoms with Crippen LogP contribution in [0.1, 0.15) is 31.1 Å². The molecule has 3 aromatic carbocycles. The maximum Gasteiger partial charge on any atom is 0.255 e. The number of aromatic nitrogens is 1. The first-order valence-electron chi connectivity index (χ1n) is 11.9. The van der Waals surface area contributed by atoms with Gasteiger partial charge in [-0.15, -0.1) is 0 Å². The summed E-state index contributed by atoms with van der Waals surface area (Å²) >= 11 is 0. The molecule has 35 heavy (non-hydrogen) atoms. The summed E-state index contributed by atoms with van der Waals surface area (Å²) in [5, 5.41) is 5.17. The summed E-state index contributed by atoms with van der Waals surface area (Å²) < 4.78 is 35.5. The molecule has 1 aliphatic rings. The molecular formula is C27H29N3O4S. The number of rotatable bonds is 5. The van der Waals surface area contributed by atoms with E-state index in [0.29, 0.717) is 24.3 Å². The van der Waals surface area contributed by atoms with Gasteiger partial charge in [-0.25, -0.2) is 8.42 Å². The molecule has 0 bridgehead atoms. The van der Waals surface area contributed by atoms with Crippen LogP contribution in [0.25, 0.3) is 21.8 Å². The fourth-order valence-electron chi connectivity index (χ4n) is 4.93. The molecule has 182 valence electrons. The number of para-hydroxylation sites is 1. The van der Waals surface area contributed by atoms with E-state index >= 15 is 0 Å². The highest BCUT2D eigenvalue weighted by Gasteiger charge is 2.32. The number of morpholine rings is 1. The molecule has 0 saturated carbocycles. The Hall–Kier alpha value is -3.20. The number of aryl methyl sites for hydroxylation is 1. The van der Waals surface area contributed by atoms with Crippen molar-refractivity contribution in [2.75, 3.05) is 18.4 Å². The van der Waals surface area contributed by atoms with Gasteiger partial charge in [0.2, 0.25) is 10.0 Å². The van der Waals surface area contributed by atoms with E-state index < -0.39 is 10.0 Å². The SMILES string of the molecule is CCn1c2ccccc2c2cc(NC(=O)c3ccc(S(=O)(=O)N4C[C@H](C)O[C@@H](C)C4)cc3)ccc21. The summed E-state index contributed by atoms with van der Waals surface area (Å²) in [4.78, 5) is 13.1. The van der Waals surface area contributed by atoms with Gasteiger partial charge < -0.3 is 14.6 Å². The highest BCUT2D eigenvalue weighted by molar-refractivity contribution is 7.89. The Kier molecular flexibility index (Phi) is 6.13. The lowest BCUT2D eigenvalue weighted by atomic mass is 10.1. The van der Waals surface area contributed by atoms with Gasteiger partial charge in [-0.05, 0) is 69.3 Å². The van der Waals surface area contributed by atoms with Crippen LogP contribution in [0.15, 0.2) is 71.6 Å². The van der Waals surface area contributed by atoms with Crippen LogP contribution >= 0.6 is 0 Å². The van der Waals surface area contributed by atoms with Crippen LogP contribution in [0.2, 0.25) is 0 Å². The van der Waals surface area contributed by atoms with Gasteiger partial charge in [0, 0.05) is 52.7 Å². The van der Waals surface area contributed by atoms with Crippen molar-refractivity contribution in [1.29, 1.82) is 0 Å². The van der Waals surface area contributed by atoms with Gasteiger partial charge in [0.05, 0.1) is 17.1 Å². The van der Waals surface area contributed by atoms with Crippen molar-refractivity contribution in [3.63, 3.8) is 0 Å².